The van der Waals surface area contributed by atoms with Crippen LogP contribution in [0.2, 0.25) is 0 Å². The highest BCUT2D eigenvalue weighted by atomic mass is 32.2. The quantitative estimate of drug-likeness (QED) is 0.657. The number of aryl methyl sites for hydroxylation is 1. The number of aliphatic hydroxyl groups is 1. The number of aliphatic hydroxyl groups excluding tert-OH is 1. The number of piperidine rings is 1. The maximum Gasteiger partial charge on any atom is 0.227 e. The molecule has 3 aliphatic rings. The number of benzene rings is 1. The number of nitrogens with one attached hydrogen (secondary N) is 1. The Morgan fingerprint density at radius 3 is 2.65 bits per heavy atom. The van der Waals surface area contributed by atoms with E-state index in [1.807, 2.05) is 12.1 Å². The van der Waals surface area contributed by atoms with Gasteiger partial charge in [0.25, 0.3) is 0 Å². The van der Waals surface area contributed by atoms with E-state index in [0.29, 0.717) is 34.4 Å². The van der Waals surface area contributed by atoms with Gasteiger partial charge in [-0.15, -0.1) is 0 Å². The van der Waals surface area contributed by atoms with Crippen molar-refractivity contribution >= 4 is 22.9 Å². The molecule has 1 unspecified atom stereocenters. The number of anilines is 2. The normalized spacial score (nSPS) is 22.0. The Balaban J connectivity index is 1.28. The first-order chi connectivity index (χ1) is 15.1. The van der Waals surface area contributed by atoms with Crippen LogP contribution in [0.5, 0.6) is 5.75 Å². The molecule has 31 heavy (non-hydrogen) atoms. The highest BCUT2D eigenvalue weighted by Crippen LogP contribution is 2.41. The lowest BCUT2D eigenvalue weighted by molar-refractivity contribution is 0.170. The zero-order valence-corrected chi connectivity index (χ0v) is 18.0. The number of rotatable bonds is 6. The van der Waals surface area contributed by atoms with Gasteiger partial charge in [-0.2, -0.15) is 10.2 Å². The smallest absolute Gasteiger partial charge is 0.227 e. The van der Waals surface area contributed by atoms with Gasteiger partial charge >= 0.3 is 0 Å². The molecule has 0 bridgehead atoms. The molecule has 0 radical (unpaired) electrons. The van der Waals surface area contributed by atoms with E-state index in [0.717, 1.165) is 50.2 Å². The Bertz CT molecular complexity index is 997. The fourth-order valence-corrected chi connectivity index (χ4v) is 5.41. The fraction of sp³-hybridized carbons (Fsp3) is 0.500. The molecule has 1 aromatic carbocycles. The topological polar surface area (TPSA) is 117 Å². The molecule has 2 fully saturated rings. The molecule has 8 nitrogen and oxygen atoms in total. The molecular formula is C22H25N5O3S. The summed E-state index contributed by atoms with van der Waals surface area (Å²) >= 11 is -1.09. The Labute approximate surface area is 184 Å². The zero-order chi connectivity index (χ0) is 21.4. The lowest BCUT2D eigenvalue weighted by Gasteiger charge is -2.32. The van der Waals surface area contributed by atoms with Gasteiger partial charge in [0.05, 0.1) is 23.8 Å². The van der Waals surface area contributed by atoms with Gasteiger partial charge in [0.1, 0.15) is 23.3 Å². The van der Waals surface area contributed by atoms with Gasteiger partial charge in [0.2, 0.25) is 10.8 Å². The van der Waals surface area contributed by atoms with Crippen molar-refractivity contribution < 1.29 is 14.4 Å². The summed E-state index contributed by atoms with van der Waals surface area (Å²) in [5.74, 6) is 2.64. The lowest BCUT2D eigenvalue weighted by Crippen LogP contribution is -2.39. The van der Waals surface area contributed by atoms with Crippen molar-refractivity contribution in [3.63, 3.8) is 0 Å². The van der Waals surface area contributed by atoms with Crippen molar-refractivity contribution in [1.82, 2.24) is 9.97 Å². The SMILES string of the molecule is N#Cc1ccc(OC2CCN(c3nc4c(c(NC5(CO)CC5)n3)[S+]([O-])CC4)CC2)cc1. The van der Waals surface area contributed by atoms with Gasteiger partial charge in [-0.3, -0.25) is 0 Å². The predicted octanol–water partition coefficient (Wildman–Crippen LogP) is 2.00. The standard InChI is InChI=1S/C22H25N5O3S/c23-13-15-1-3-16(4-2-15)30-17-5-10-27(11-6-17)21-24-18-7-12-31(29)19(18)20(25-21)26-22(14-28)8-9-22/h1-4,17,28H,5-12,14H2,(H,24,25,26). The third-order valence-corrected chi connectivity index (χ3v) is 7.69. The van der Waals surface area contributed by atoms with E-state index in [1.165, 1.54) is 0 Å². The van der Waals surface area contributed by atoms with Crippen LogP contribution < -0.4 is 15.0 Å². The molecule has 3 heterocycles. The summed E-state index contributed by atoms with van der Waals surface area (Å²) in [4.78, 5) is 12.4. The van der Waals surface area contributed by atoms with E-state index in [4.69, 9.17) is 20.0 Å². The van der Waals surface area contributed by atoms with Gasteiger partial charge in [0, 0.05) is 32.4 Å². The van der Waals surface area contributed by atoms with Crippen molar-refractivity contribution in [2.24, 2.45) is 0 Å². The van der Waals surface area contributed by atoms with Gasteiger partial charge in [-0.05, 0) is 48.3 Å². The van der Waals surface area contributed by atoms with Crippen LogP contribution in [0.4, 0.5) is 11.8 Å². The first-order valence-corrected chi connectivity index (χ1v) is 12.0. The van der Waals surface area contributed by atoms with Gasteiger partial charge < -0.3 is 24.6 Å². The Kier molecular flexibility index (Phi) is 5.38. The van der Waals surface area contributed by atoms with Crippen LogP contribution in [-0.4, -0.2) is 56.7 Å². The van der Waals surface area contributed by atoms with Crippen LogP contribution in [0.3, 0.4) is 0 Å². The fourth-order valence-electron chi connectivity index (χ4n) is 4.11. The molecule has 162 valence electrons. The van der Waals surface area contributed by atoms with Gasteiger partial charge in [0.15, 0.2) is 5.82 Å². The average Bonchev–Trinajstić information content (AvgIpc) is 3.48. The molecule has 2 N–H and O–H groups in total. The second-order valence-corrected chi connectivity index (χ2v) is 9.96. The summed E-state index contributed by atoms with van der Waals surface area (Å²) in [6, 6.07) is 9.31. The van der Waals surface area contributed by atoms with Crippen LogP contribution in [0.15, 0.2) is 29.2 Å². The molecule has 1 aliphatic carbocycles. The van der Waals surface area contributed by atoms with Crippen LogP contribution >= 0.6 is 0 Å². The van der Waals surface area contributed by atoms with E-state index in [-0.39, 0.29) is 18.2 Å². The first-order valence-electron chi connectivity index (χ1n) is 10.7. The van der Waals surface area contributed by atoms with E-state index in [9.17, 15) is 9.66 Å². The highest BCUT2D eigenvalue weighted by Gasteiger charge is 2.45. The molecule has 1 saturated heterocycles. The van der Waals surface area contributed by atoms with Crippen molar-refractivity contribution in [2.45, 2.75) is 48.6 Å². The van der Waals surface area contributed by atoms with Crippen molar-refractivity contribution in [3.8, 4) is 11.8 Å². The molecule has 2 aliphatic heterocycles. The molecule has 5 rings (SSSR count). The zero-order valence-electron chi connectivity index (χ0n) is 17.2. The maximum absolute atomic E-state index is 12.5. The summed E-state index contributed by atoms with van der Waals surface area (Å²) in [6.07, 6.45) is 4.26. The Morgan fingerprint density at radius 2 is 2.00 bits per heavy atom. The number of hydrogen-bond acceptors (Lipinski definition) is 8. The lowest BCUT2D eigenvalue weighted by atomic mass is 10.1. The summed E-state index contributed by atoms with van der Waals surface area (Å²) < 4.78 is 18.6. The third kappa shape index (κ3) is 4.15. The average molecular weight is 440 g/mol. The minimum Gasteiger partial charge on any atom is -0.611 e. The summed E-state index contributed by atoms with van der Waals surface area (Å²) in [7, 11) is 0. The minimum atomic E-state index is -1.09. The van der Waals surface area contributed by atoms with Crippen LogP contribution in [0, 0.1) is 11.3 Å². The monoisotopic (exact) mass is 439 g/mol. The molecule has 0 spiro atoms. The second kappa shape index (κ2) is 8.19. The maximum atomic E-state index is 12.5. The Morgan fingerprint density at radius 1 is 1.26 bits per heavy atom. The van der Waals surface area contributed by atoms with Crippen LogP contribution in [0.1, 0.15) is 36.9 Å². The predicted molar refractivity (Wildman–Crippen MR) is 117 cm³/mol. The van der Waals surface area contributed by atoms with Crippen molar-refractivity contribution in [3.05, 3.63) is 35.5 Å². The summed E-state index contributed by atoms with van der Waals surface area (Å²) in [5.41, 5.74) is 1.15. The largest absolute Gasteiger partial charge is 0.611 e. The number of ether oxygens (including phenoxy) is 1. The molecule has 0 amide bonds. The highest BCUT2D eigenvalue weighted by molar-refractivity contribution is 7.91. The number of aromatic nitrogens is 2. The van der Waals surface area contributed by atoms with E-state index in [2.05, 4.69) is 16.3 Å². The van der Waals surface area contributed by atoms with E-state index in [1.54, 1.807) is 12.1 Å². The number of fused-ring (bicyclic) bond motifs is 1. The molecule has 9 heteroatoms. The van der Waals surface area contributed by atoms with Gasteiger partial charge in [-0.1, -0.05) is 0 Å². The van der Waals surface area contributed by atoms with Crippen LogP contribution in [-0.2, 0) is 17.6 Å². The number of hydrogen-bond donors (Lipinski definition) is 2. The van der Waals surface area contributed by atoms with E-state index >= 15 is 0 Å². The molecular weight excluding hydrogens is 414 g/mol. The summed E-state index contributed by atoms with van der Waals surface area (Å²) in [5, 5.41) is 22.0. The van der Waals surface area contributed by atoms with Crippen molar-refractivity contribution in [1.29, 1.82) is 5.26 Å². The minimum absolute atomic E-state index is 0.0474. The Hall–Kier alpha value is -2.54. The molecule has 1 aromatic heterocycles. The number of nitriles is 1. The van der Waals surface area contributed by atoms with Gasteiger partial charge in [-0.25, -0.2) is 4.98 Å². The first kappa shape index (κ1) is 20.4. The number of nitrogens with zero attached hydrogens (tertiary/aromatic N) is 4. The van der Waals surface area contributed by atoms with Crippen molar-refractivity contribution in [2.75, 3.05) is 35.7 Å². The molecule has 2 aromatic rings. The summed E-state index contributed by atoms with van der Waals surface area (Å²) in [6.45, 7) is 1.59. The second-order valence-electron chi connectivity index (χ2n) is 8.45. The third-order valence-electron chi connectivity index (χ3n) is 6.23. The van der Waals surface area contributed by atoms with Crippen LogP contribution in [0.25, 0.3) is 0 Å². The molecule has 1 atom stereocenters. The molecule has 1 saturated carbocycles. The van der Waals surface area contributed by atoms with E-state index < -0.39 is 11.2 Å².